The van der Waals surface area contributed by atoms with Gasteiger partial charge in [-0.15, -0.1) is 11.3 Å². The Morgan fingerprint density at radius 1 is 1.50 bits per heavy atom. The molecule has 3 rings (SSSR count). The van der Waals surface area contributed by atoms with Crippen LogP contribution in [-0.2, 0) is 0 Å². The second-order valence-electron chi connectivity index (χ2n) is 5.43. The van der Waals surface area contributed by atoms with Gasteiger partial charge < -0.3 is 9.84 Å². The van der Waals surface area contributed by atoms with Gasteiger partial charge >= 0.3 is 6.03 Å². The SMILES string of the molecule is Cc1cc(NC(=O)NC[C@@H](c2cccs2)N2CCCC2)no1. The van der Waals surface area contributed by atoms with Crippen LogP contribution < -0.4 is 10.6 Å². The quantitative estimate of drug-likeness (QED) is 0.888. The van der Waals surface area contributed by atoms with Crippen molar-refractivity contribution in [2.75, 3.05) is 25.0 Å². The summed E-state index contributed by atoms with van der Waals surface area (Å²) < 4.78 is 4.93. The summed E-state index contributed by atoms with van der Waals surface area (Å²) >= 11 is 1.74. The first-order valence-electron chi connectivity index (χ1n) is 7.48. The number of nitrogens with one attached hydrogen (secondary N) is 2. The highest BCUT2D eigenvalue weighted by molar-refractivity contribution is 7.10. The molecule has 0 unspecified atom stereocenters. The van der Waals surface area contributed by atoms with E-state index in [-0.39, 0.29) is 12.1 Å². The van der Waals surface area contributed by atoms with Crippen molar-refractivity contribution in [1.29, 1.82) is 0 Å². The lowest BCUT2D eigenvalue weighted by Gasteiger charge is -2.26. The van der Waals surface area contributed by atoms with Crippen molar-refractivity contribution in [3.05, 3.63) is 34.2 Å². The average molecular weight is 320 g/mol. The minimum absolute atomic E-state index is 0.243. The lowest BCUT2D eigenvalue weighted by Crippen LogP contribution is -2.38. The first kappa shape index (κ1) is 15.1. The van der Waals surface area contributed by atoms with E-state index >= 15 is 0 Å². The summed E-state index contributed by atoms with van der Waals surface area (Å²) in [4.78, 5) is 15.7. The van der Waals surface area contributed by atoms with Crippen LogP contribution in [0.3, 0.4) is 0 Å². The number of nitrogens with zero attached hydrogens (tertiary/aromatic N) is 2. The number of anilines is 1. The molecule has 2 amide bonds. The molecule has 0 bridgehead atoms. The molecule has 6 nitrogen and oxygen atoms in total. The predicted molar refractivity (Wildman–Crippen MR) is 86.1 cm³/mol. The van der Waals surface area contributed by atoms with E-state index in [1.807, 2.05) is 0 Å². The average Bonchev–Trinajstić information content (AvgIpc) is 3.22. The lowest BCUT2D eigenvalue weighted by atomic mass is 10.2. The van der Waals surface area contributed by atoms with Crippen molar-refractivity contribution in [3.8, 4) is 0 Å². The highest BCUT2D eigenvalue weighted by Crippen LogP contribution is 2.27. The number of urea groups is 1. The normalized spacial score (nSPS) is 16.6. The molecular formula is C15H20N4O2S. The Hall–Kier alpha value is -1.86. The van der Waals surface area contributed by atoms with Gasteiger partial charge in [-0.2, -0.15) is 0 Å². The van der Waals surface area contributed by atoms with Gasteiger partial charge in [-0.25, -0.2) is 4.79 Å². The first-order chi connectivity index (χ1) is 10.7. The molecule has 0 spiro atoms. The van der Waals surface area contributed by atoms with Crippen LogP contribution in [-0.4, -0.2) is 35.7 Å². The molecule has 1 aliphatic rings. The molecule has 0 aliphatic carbocycles. The third-order valence-corrected chi connectivity index (χ3v) is 4.75. The Balaban J connectivity index is 1.57. The van der Waals surface area contributed by atoms with E-state index in [0.717, 1.165) is 13.1 Å². The van der Waals surface area contributed by atoms with Crippen molar-refractivity contribution >= 4 is 23.2 Å². The fraction of sp³-hybridized carbons (Fsp3) is 0.467. The highest BCUT2D eigenvalue weighted by atomic mass is 32.1. The van der Waals surface area contributed by atoms with Gasteiger partial charge in [0.25, 0.3) is 0 Å². The minimum Gasteiger partial charge on any atom is -0.360 e. The molecule has 2 aromatic heterocycles. The Morgan fingerprint density at radius 2 is 2.32 bits per heavy atom. The lowest BCUT2D eigenvalue weighted by molar-refractivity contribution is 0.229. The molecule has 1 fully saturated rings. The molecule has 0 saturated carbocycles. The molecule has 118 valence electrons. The summed E-state index contributed by atoms with van der Waals surface area (Å²) in [5.74, 6) is 1.10. The van der Waals surface area contributed by atoms with Gasteiger partial charge in [-0.1, -0.05) is 11.2 Å². The van der Waals surface area contributed by atoms with Gasteiger partial charge in [0.05, 0.1) is 6.04 Å². The van der Waals surface area contributed by atoms with Crippen molar-refractivity contribution in [1.82, 2.24) is 15.4 Å². The van der Waals surface area contributed by atoms with E-state index in [1.54, 1.807) is 24.3 Å². The first-order valence-corrected chi connectivity index (χ1v) is 8.36. The molecule has 0 aromatic carbocycles. The highest BCUT2D eigenvalue weighted by Gasteiger charge is 2.24. The molecule has 7 heteroatoms. The molecule has 1 aliphatic heterocycles. The zero-order valence-corrected chi connectivity index (χ0v) is 13.4. The summed E-state index contributed by atoms with van der Waals surface area (Å²) in [6.07, 6.45) is 2.46. The molecular weight excluding hydrogens is 300 g/mol. The van der Waals surface area contributed by atoms with Crippen molar-refractivity contribution in [2.45, 2.75) is 25.8 Å². The Labute approximate surface area is 133 Å². The summed E-state index contributed by atoms with van der Waals surface area (Å²) in [7, 11) is 0. The smallest absolute Gasteiger partial charge is 0.320 e. The van der Waals surface area contributed by atoms with Crippen LogP contribution in [0.2, 0.25) is 0 Å². The maximum atomic E-state index is 12.0. The second-order valence-corrected chi connectivity index (χ2v) is 6.41. The number of hydrogen-bond donors (Lipinski definition) is 2. The standard InChI is InChI=1S/C15H20N4O2S/c1-11-9-14(18-21-11)17-15(20)16-10-12(13-5-4-8-22-13)19-6-2-3-7-19/h4-5,8-9,12H,2-3,6-7,10H2,1H3,(H2,16,17,18,20)/t12-/m0/s1. The van der Waals surface area contributed by atoms with Gasteiger partial charge in [-0.3, -0.25) is 10.2 Å². The molecule has 2 aromatic rings. The number of rotatable bonds is 5. The molecule has 0 radical (unpaired) electrons. The number of hydrogen-bond acceptors (Lipinski definition) is 5. The van der Waals surface area contributed by atoms with Crippen molar-refractivity contribution in [3.63, 3.8) is 0 Å². The third kappa shape index (κ3) is 3.66. The molecule has 1 atom stereocenters. The minimum atomic E-state index is -0.256. The number of carbonyl (C=O) groups excluding carboxylic acids is 1. The van der Waals surface area contributed by atoms with Gasteiger partial charge in [0, 0.05) is 17.5 Å². The van der Waals surface area contributed by atoms with Gasteiger partial charge in [0.15, 0.2) is 5.82 Å². The van der Waals surface area contributed by atoms with Gasteiger partial charge in [0.2, 0.25) is 0 Å². The monoisotopic (exact) mass is 320 g/mol. The zero-order valence-electron chi connectivity index (χ0n) is 12.5. The summed E-state index contributed by atoms with van der Waals surface area (Å²) in [5.41, 5.74) is 0. The Morgan fingerprint density at radius 3 is 2.95 bits per heavy atom. The van der Waals surface area contributed by atoms with E-state index < -0.39 is 0 Å². The molecule has 1 saturated heterocycles. The molecule has 3 heterocycles. The fourth-order valence-electron chi connectivity index (χ4n) is 2.72. The van der Waals surface area contributed by atoms with Crippen LogP contribution in [0.4, 0.5) is 10.6 Å². The number of carbonyl (C=O) groups is 1. The maximum Gasteiger partial charge on any atom is 0.320 e. The van der Waals surface area contributed by atoms with E-state index in [0.29, 0.717) is 18.1 Å². The summed E-state index contributed by atoms with van der Waals surface area (Å²) in [6.45, 7) is 4.56. The Bertz CT molecular complexity index is 605. The number of aryl methyl sites for hydroxylation is 1. The van der Waals surface area contributed by atoms with E-state index in [9.17, 15) is 4.79 Å². The van der Waals surface area contributed by atoms with E-state index in [4.69, 9.17) is 4.52 Å². The molecule has 22 heavy (non-hydrogen) atoms. The van der Waals surface area contributed by atoms with E-state index in [2.05, 4.69) is 38.2 Å². The van der Waals surface area contributed by atoms with Crippen LogP contribution in [0.25, 0.3) is 0 Å². The summed E-state index contributed by atoms with van der Waals surface area (Å²) in [6, 6.07) is 5.87. The zero-order chi connectivity index (χ0) is 15.4. The predicted octanol–water partition coefficient (Wildman–Crippen LogP) is 3.00. The number of aromatic nitrogens is 1. The third-order valence-electron chi connectivity index (χ3n) is 3.78. The van der Waals surface area contributed by atoms with Crippen LogP contribution in [0.15, 0.2) is 28.1 Å². The van der Waals surface area contributed by atoms with Crippen LogP contribution in [0.5, 0.6) is 0 Å². The van der Waals surface area contributed by atoms with Crippen LogP contribution in [0, 0.1) is 6.92 Å². The van der Waals surface area contributed by atoms with Crippen LogP contribution in [0.1, 0.15) is 29.5 Å². The second kappa shape index (κ2) is 6.93. The number of thiophene rings is 1. The number of likely N-dealkylation sites (tertiary alicyclic amines) is 1. The van der Waals surface area contributed by atoms with E-state index in [1.165, 1.54) is 17.7 Å². The van der Waals surface area contributed by atoms with Gasteiger partial charge in [-0.05, 0) is 44.3 Å². The van der Waals surface area contributed by atoms with Crippen molar-refractivity contribution in [2.24, 2.45) is 0 Å². The fourth-order valence-corrected chi connectivity index (χ4v) is 3.58. The number of amides is 2. The largest absolute Gasteiger partial charge is 0.360 e. The Kier molecular flexibility index (Phi) is 4.74. The molecule has 2 N–H and O–H groups in total. The van der Waals surface area contributed by atoms with Crippen LogP contribution >= 0.6 is 11.3 Å². The maximum absolute atomic E-state index is 12.0. The van der Waals surface area contributed by atoms with Gasteiger partial charge in [0.1, 0.15) is 5.76 Å². The topological polar surface area (TPSA) is 70.4 Å². The summed E-state index contributed by atoms with van der Waals surface area (Å²) in [5, 5.41) is 11.5. The van der Waals surface area contributed by atoms with Crippen molar-refractivity contribution < 1.29 is 9.32 Å².